The van der Waals surface area contributed by atoms with Crippen molar-refractivity contribution < 1.29 is 8.42 Å². The van der Waals surface area contributed by atoms with Gasteiger partial charge in [0.25, 0.3) is 0 Å². The molecule has 0 aliphatic rings. The van der Waals surface area contributed by atoms with E-state index in [1.807, 2.05) is 41.9 Å². The number of aromatic nitrogens is 2. The normalized spacial score (nSPS) is 13.1. The Kier molecular flexibility index (Phi) is 4.78. The van der Waals surface area contributed by atoms with E-state index in [0.717, 1.165) is 44.2 Å². The molecule has 6 nitrogen and oxygen atoms in total. The molecule has 2 aromatic carbocycles. The fourth-order valence-corrected chi connectivity index (χ4v) is 4.62. The smallest absolute Gasteiger partial charge is 0.229 e. The van der Waals surface area contributed by atoms with E-state index in [9.17, 15) is 8.42 Å². The van der Waals surface area contributed by atoms with Crippen LogP contribution in [0, 0.1) is 0 Å². The Hall–Kier alpha value is -2.55. The minimum Gasteiger partial charge on any atom is -0.330 e. The summed E-state index contributed by atoms with van der Waals surface area (Å²) in [4.78, 5) is 9.37. The predicted octanol–water partition coefficient (Wildman–Crippen LogP) is 3.95. The van der Waals surface area contributed by atoms with Gasteiger partial charge in [-0.3, -0.25) is 9.71 Å². The maximum Gasteiger partial charge on any atom is 0.229 e. The highest BCUT2D eigenvalue weighted by Gasteiger charge is 2.16. The van der Waals surface area contributed by atoms with Crippen LogP contribution in [0.25, 0.3) is 32.2 Å². The van der Waals surface area contributed by atoms with Crippen LogP contribution in [0.15, 0.2) is 48.0 Å². The molecule has 0 bridgehead atoms. The highest BCUT2D eigenvalue weighted by Crippen LogP contribution is 2.34. The number of nitrogens with two attached hydrogens (primary N) is 1. The number of hydrogen-bond acceptors (Lipinski definition) is 6. The summed E-state index contributed by atoms with van der Waals surface area (Å²) < 4.78 is 26.7. The first kappa shape index (κ1) is 18.8. The molecule has 8 heteroatoms. The van der Waals surface area contributed by atoms with Crippen LogP contribution in [0.5, 0.6) is 0 Å². The van der Waals surface area contributed by atoms with Crippen LogP contribution < -0.4 is 10.5 Å². The maximum atomic E-state index is 11.5. The van der Waals surface area contributed by atoms with Crippen LogP contribution in [-0.4, -0.2) is 31.2 Å². The van der Waals surface area contributed by atoms with Crippen molar-refractivity contribution in [1.82, 2.24) is 9.97 Å². The summed E-state index contributed by atoms with van der Waals surface area (Å²) in [5.74, 6) is 0.111. The molecule has 0 fully saturated rings. The van der Waals surface area contributed by atoms with Gasteiger partial charge in [0.1, 0.15) is 5.52 Å². The monoisotopic (exact) mass is 412 g/mol. The van der Waals surface area contributed by atoms with Gasteiger partial charge in [-0.05, 0) is 29.3 Å². The number of anilines is 1. The third kappa shape index (κ3) is 3.58. The second kappa shape index (κ2) is 7.12. The zero-order chi connectivity index (χ0) is 19.9. The highest BCUT2D eigenvalue weighted by molar-refractivity contribution is 7.92. The molecule has 1 unspecified atom stereocenters. The summed E-state index contributed by atoms with van der Waals surface area (Å²) >= 11 is 1.60. The van der Waals surface area contributed by atoms with Crippen LogP contribution in [0.4, 0.5) is 5.69 Å². The van der Waals surface area contributed by atoms with Gasteiger partial charge in [-0.1, -0.05) is 31.2 Å². The lowest BCUT2D eigenvalue weighted by molar-refractivity contribution is 0.607. The Morgan fingerprint density at radius 1 is 1.18 bits per heavy atom. The van der Waals surface area contributed by atoms with Gasteiger partial charge < -0.3 is 5.73 Å². The molecule has 0 aliphatic carbocycles. The topological polar surface area (TPSA) is 98.0 Å². The molecule has 0 amide bonds. The quantitative estimate of drug-likeness (QED) is 0.517. The van der Waals surface area contributed by atoms with Gasteiger partial charge in [-0.25, -0.2) is 13.4 Å². The SMILES string of the molecule is CC(CN)c1nc2cc(-c3cccc(NS(C)(=O)=O)c3)ccc2c2scnc12. The summed E-state index contributed by atoms with van der Waals surface area (Å²) in [6.45, 7) is 2.56. The standard InChI is InChI=1S/C20H20N4O2S2/c1-12(10-21)18-19-20(27-11-22-19)16-7-6-14(9-17(16)23-18)13-4-3-5-15(8-13)24-28(2,25)26/h3-9,11-12,24H,10,21H2,1-2H3. The molecule has 144 valence electrons. The molecule has 2 aromatic heterocycles. The lowest BCUT2D eigenvalue weighted by Gasteiger charge is -2.12. The van der Waals surface area contributed by atoms with E-state index in [0.29, 0.717) is 12.2 Å². The molecular formula is C20H20N4O2S2. The molecule has 3 N–H and O–H groups in total. The highest BCUT2D eigenvalue weighted by atomic mass is 32.2. The minimum atomic E-state index is -3.33. The average Bonchev–Trinajstić information content (AvgIpc) is 3.15. The first-order chi connectivity index (χ1) is 13.4. The number of nitrogens with zero attached hydrogens (tertiary/aromatic N) is 2. The first-order valence-electron chi connectivity index (χ1n) is 8.81. The summed E-state index contributed by atoms with van der Waals surface area (Å²) in [7, 11) is -3.33. The van der Waals surface area contributed by atoms with E-state index in [4.69, 9.17) is 10.7 Å². The Balaban J connectivity index is 1.86. The van der Waals surface area contributed by atoms with E-state index >= 15 is 0 Å². The molecule has 4 rings (SSSR count). The van der Waals surface area contributed by atoms with Gasteiger partial charge in [0.05, 0.1) is 27.7 Å². The molecule has 28 heavy (non-hydrogen) atoms. The van der Waals surface area contributed by atoms with Crippen molar-refractivity contribution in [3.05, 3.63) is 53.7 Å². The minimum absolute atomic E-state index is 0.111. The zero-order valence-electron chi connectivity index (χ0n) is 15.5. The van der Waals surface area contributed by atoms with Crippen molar-refractivity contribution in [2.45, 2.75) is 12.8 Å². The van der Waals surface area contributed by atoms with Gasteiger partial charge in [0.15, 0.2) is 0 Å². The number of rotatable bonds is 5. The van der Waals surface area contributed by atoms with E-state index in [1.165, 1.54) is 0 Å². The molecule has 1 atom stereocenters. The van der Waals surface area contributed by atoms with Gasteiger partial charge in [0, 0.05) is 23.5 Å². The Morgan fingerprint density at radius 2 is 1.96 bits per heavy atom. The van der Waals surface area contributed by atoms with Crippen molar-refractivity contribution in [2.75, 3.05) is 17.5 Å². The predicted molar refractivity (Wildman–Crippen MR) is 116 cm³/mol. The van der Waals surface area contributed by atoms with Crippen LogP contribution in [0.2, 0.25) is 0 Å². The van der Waals surface area contributed by atoms with E-state index < -0.39 is 10.0 Å². The number of sulfonamides is 1. The van der Waals surface area contributed by atoms with Gasteiger partial charge in [-0.2, -0.15) is 0 Å². The summed E-state index contributed by atoms with van der Waals surface area (Å²) in [5.41, 5.74) is 12.8. The number of thiazole rings is 1. The molecule has 0 saturated heterocycles. The third-order valence-corrected chi connectivity index (χ3v) is 6.08. The van der Waals surface area contributed by atoms with E-state index in [2.05, 4.69) is 16.6 Å². The number of benzene rings is 2. The van der Waals surface area contributed by atoms with Crippen LogP contribution in [0.3, 0.4) is 0 Å². The number of nitrogens with one attached hydrogen (secondary N) is 1. The maximum absolute atomic E-state index is 11.5. The largest absolute Gasteiger partial charge is 0.330 e. The van der Waals surface area contributed by atoms with Crippen molar-refractivity contribution in [3.8, 4) is 11.1 Å². The van der Waals surface area contributed by atoms with Gasteiger partial charge in [-0.15, -0.1) is 11.3 Å². The zero-order valence-corrected chi connectivity index (χ0v) is 17.1. The van der Waals surface area contributed by atoms with E-state index in [-0.39, 0.29) is 5.92 Å². The molecule has 0 spiro atoms. The molecule has 2 heterocycles. The average molecular weight is 413 g/mol. The van der Waals surface area contributed by atoms with E-state index in [1.54, 1.807) is 17.4 Å². The Labute approximate surface area is 167 Å². The molecule has 0 aliphatic heterocycles. The van der Waals surface area contributed by atoms with Gasteiger partial charge >= 0.3 is 0 Å². The van der Waals surface area contributed by atoms with Crippen molar-refractivity contribution >= 4 is 48.2 Å². The first-order valence-corrected chi connectivity index (χ1v) is 11.6. The number of pyridine rings is 1. The summed E-state index contributed by atoms with van der Waals surface area (Å²) in [6, 6.07) is 13.4. The lowest BCUT2D eigenvalue weighted by atomic mass is 10.0. The van der Waals surface area contributed by atoms with Crippen LogP contribution >= 0.6 is 11.3 Å². The summed E-state index contributed by atoms with van der Waals surface area (Å²) in [6.07, 6.45) is 1.14. The molecule has 4 aromatic rings. The Bertz CT molecular complexity index is 1280. The van der Waals surface area contributed by atoms with Crippen molar-refractivity contribution in [3.63, 3.8) is 0 Å². The third-order valence-electron chi connectivity index (χ3n) is 4.61. The lowest BCUT2D eigenvalue weighted by Crippen LogP contribution is -2.11. The second-order valence-electron chi connectivity index (χ2n) is 6.85. The second-order valence-corrected chi connectivity index (χ2v) is 9.45. The fourth-order valence-electron chi connectivity index (χ4n) is 3.23. The number of hydrogen-bond donors (Lipinski definition) is 2. The van der Waals surface area contributed by atoms with Gasteiger partial charge in [0.2, 0.25) is 10.0 Å². The molecule has 0 radical (unpaired) electrons. The van der Waals surface area contributed by atoms with Crippen LogP contribution in [-0.2, 0) is 10.0 Å². The fraction of sp³-hybridized carbons (Fsp3) is 0.200. The Morgan fingerprint density at radius 3 is 2.71 bits per heavy atom. The summed E-state index contributed by atoms with van der Waals surface area (Å²) in [5, 5.41) is 1.06. The van der Waals surface area contributed by atoms with Crippen LogP contribution in [0.1, 0.15) is 18.5 Å². The number of fused-ring (bicyclic) bond motifs is 3. The van der Waals surface area contributed by atoms with Crippen molar-refractivity contribution in [2.24, 2.45) is 5.73 Å². The molecule has 0 saturated carbocycles. The van der Waals surface area contributed by atoms with Crippen molar-refractivity contribution in [1.29, 1.82) is 0 Å². The molecular weight excluding hydrogens is 392 g/mol.